The molecule has 0 amide bonds. The van der Waals surface area contributed by atoms with E-state index < -0.39 is 5.97 Å². The fourth-order valence-electron chi connectivity index (χ4n) is 2.89. The maximum atomic E-state index is 13.0. The average molecular weight is 340 g/mol. The Bertz CT molecular complexity index is 838. The highest BCUT2D eigenvalue weighted by Gasteiger charge is 2.33. The van der Waals surface area contributed by atoms with Crippen molar-refractivity contribution in [3.8, 4) is 5.82 Å². The molecule has 0 atom stereocenters. The number of Topliss-reactive ketones (excluding diaryl/α,β-unsaturated/α-hetero) is 1. The molecule has 2 aromatic heterocycles. The van der Waals surface area contributed by atoms with Gasteiger partial charge in [-0.25, -0.2) is 14.5 Å². The predicted molar refractivity (Wildman–Crippen MR) is 91.7 cm³/mol. The quantitative estimate of drug-likeness (QED) is 0.626. The van der Waals surface area contributed by atoms with Crippen LogP contribution in [0.3, 0.4) is 0 Å². The minimum atomic E-state index is -0.513. The fraction of sp³-hybridized carbons (Fsp3) is 0.333. The van der Waals surface area contributed by atoms with E-state index in [0.29, 0.717) is 35.5 Å². The number of esters is 1. The van der Waals surface area contributed by atoms with Crippen molar-refractivity contribution in [1.82, 2.24) is 19.7 Å². The van der Waals surface area contributed by atoms with E-state index in [1.54, 1.807) is 25.3 Å². The van der Waals surface area contributed by atoms with Crippen molar-refractivity contribution in [3.05, 3.63) is 53.1 Å². The zero-order chi connectivity index (χ0) is 18.0. The zero-order valence-corrected chi connectivity index (χ0v) is 14.5. The third-order valence-electron chi connectivity index (χ3n) is 3.88. The summed E-state index contributed by atoms with van der Waals surface area (Å²) < 4.78 is 6.55. The predicted octanol–water partition coefficient (Wildman–Crippen LogP) is 2.02. The minimum Gasteiger partial charge on any atom is -0.461 e. The third kappa shape index (κ3) is 3.17. The minimum absolute atomic E-state index is 0.136. The highest BCUT2D eigenvalue weighted by molar-refractivity contribution is 6.11. The maximum Gasteiger partial charge on any atom is 0.359 e. The lowest BCUT2D eigenvalue weighted by Gasteiger charge is -2.17. The first-order chi connectivity index (χ1) is 12.0. The molecule has 0 saturated heterocycles. The van der Waals surface area contributed by atoms with Crippen LogP contribution in [-0.4, -0.2) is 52.1 Å². The number of carbonyl (C=O) groups excluding carboxylic acids is 2. The summed E-state index contributed by atoms with van der Waals surface area (Å²) in [6.07, 6.45) is 4.55. The Morgan fingerprint density at radius 2 is 2.16 bits per heavy atom. The Kier molecular flexibility index (Phi) is 4.65. The number of hydrogen-bond donors (Lipinski definition) is 0. The topological polar surface area (TPSA) is 77.3 Å². The molecular weight excluding hydrogens is 320 g/mol. The van der Waals surface area contributed by atoms with Crippen molar-refractivity contribution in [2.75, 3.05) is 20.7 Å². The van der Waals surface area contributed by atoms with E-state index in [2.05, 4.69) is 10.1 Å². The number of hydrogen-bond acceptors (Lipinski definition) is 6. The van der Waals surface area contributed by atoms with Crippen molar-refractivity contribution in [2.45, 2.75) is 19.8 Å². The zero-order valence-electron chi connectivity index (χ0n) is 14.5. The van der Waals surface area contributed by atoms with Gasteiger partial charge in [-0.05, 0) is 31.9 Å². The molecule has 0 N–H and O–H groups in total. The molecular formula is C18H20N4O3. The molecule has 1 aliphatic carbocycles. The van der Waals surface area contributed by atoms with E-state index in [1.807, 2.05) is 31.3 Å². The number of aromatic nitrogens is 3. The van der Waals surface area contributed by atoms with Crippen LogP contribution < -0.4 is 0 Å². The van der Waals surface area contributed by atoms with Crippen LogP contribution in [0.25, 0.3) is 5.82 Å². The summed E-state index contributed by atoms with van der Waals surface area (Å²) in [5, 5.41) is 4.36. The van der Waals surface area contributed by atoms with Gasteiger partial charge in [0, 0.05) is 37.6 Å². The van der Waals surface area contributed by atoms with Crippen LogP contribution in [0.5, 0.6) is 0 Å². The Balaban J connectivity index is 2.17. The van der Waals surface area contributed by atoms with Gasteiger partial charge in [-0.1, -0.05) is 6.07 Å². The van der Waals surface area contributed by atoms with Crippen molar-refractivity contribution >= 4 is 11.8 Å². The molecule has 0 bridgehead atoms. The van der Waals surface area contributed by atoms with Crippen LogP contribution in [0.2, 0.25) is 0 Å². The molecule has 7 heteroatoms. The van der Waals surface area contributed by atoms with E-state index in [1.165, 1.54) is 4.68 Å². The summed E-state index contributed by atoms with van der Waals surface area (Å²) in [5.41, 5.74) is 1.90. The van der Waals surface area contributed by atoms with Crippen molar-refractivity contribution in [3.63, 3.8) is 0 Å². The number of ether oxygens (including phenoxy) is 1. The van der Waals surface area contributed by atoms with Crippen LogP contribution in [0.15, 0.2) is 36.2 Å². The van der Waals surface area contributed by atoms with Gasteiger partial charge in [-0.2, -0.15) is 5.10 Å². The van der Waals surface area contributed by atoms with E-state index in [9.17, 15) is 9.59 Å². The van der Waals surface area contributed by atoms with Crippen LogP contribution in [0, 0.1) is 0 Å². The fourth-order valence-corrected chi connectivity index (χ4v) is 2.89. The van der Waals surface area contributed by atoms with E-state index in [-0.39, 0.29) is 18.1 Å². The molecule has 0 aliphatic heterocycles. The van der Waals surface area contributed by atoms with Gasteiger partial charge in [0.1, 0.15) is 5.69 Å². The van der Waals surface area contributed by atoms with Crippen molar-refractivity contribution in [2.24, 2.45) is 0 Å². The second-order valence-electron chi connectivity index (χ2n) is 5.94. The lowest BCUT2D eigenvalue weighted by Crippen LogP contribution is -2.20. The number of rotatable bonds is 4. The molecule has 3 rings (SSSR count). The summed E-state index contributed by atoms with van der Waals surface area (Å²) in [5.74, 6) is -0.154. The normalized spacial score (nSPS) is 15.2. The summed E-state index contributed by atoms with van der Waals surface area (Å²) in [6, 6.07) is 5.34. The Morgan fingerprint density at radius 3 is 2.80 bits per heavy atom. The van der Waals surface area contributed by atoms with Gasteiger partial charge in [-0.15, -0.1) is 0 Å². The van der Waals surface area contributed by atoms with Crippen LogP contribution in [-0.2, 0) is 11.2 Å². The highest BCUT2D eigenvalue weighted by atomic mass is 16.5. The molecule has 1 aliphatic rings. The second-order valence-corrected chi connectivity index (χ2v) is 5.94. The first-order valence-corrected chi connectivity index (χ1v) is 8.15. The summed E-state index contributed by atoms with van der Waals surface area (Å²) in [6.45, 7) is 1.99. The van der Waals surface area contributed by atoms with Gasteiger partial charge in [0.2, 0.25) is 5.78 Å². The van der Waals surface area contributed by atoms with Crippen LogP contribution in [0.4, 0.5) is 0 Å². The van der Waals surface area contributed by atoms with Gasteiger partial charge in [0.25, 0.3) is 0 Å². The van der Waals surface area contributed by atoms with Gasteiger partial charge in [-0.3, -0.25) is 4.79 Å². The Labute approximate surface area is 145 Å². The van der Waals surface area contributed by atoms with Crippen LogP contribution in [0.1, 0.15) is 39.9 Å². The van der Waals surface area contributed by atoms with Crippen LogP contribution >= 0.6 is 0 Å². The summed E-state index contributed by atoms with van der Waals surface area (Å²) in [4.78, 5) is 31.4. The number of nitrogens with zero attached hydrogens (tertiary/aromatic N) is 4. The standard InChI is InChI=1S/C18H20N4O3/c1-4-25-18(24)15-13-9-8-12(11-21(2)3)17(23)16(13)22(20-15)14-7-5-6-10-19-14/h5-7,10-11H,4,8-9H2,1-3H3. The van der Waals surface area contributed by atoms with Gasteiger partial charge >= 0.3 is 5.97 Å². The molecule has 0 aromatic carbocycles. The third-order valence-corrected chi connectivity index (χ3v) is 3.88. The van der Waals surface area contributed by atoms with E-state index in [4.69, 9.17) is 4.74 Å². The molecule has 0 fully saturated rings. The number of carbonyl (C=O) groups is 2. The molecule has 130 valence electrons. The maximum absolute atomic E-state index is 13.0. The number of allylic oxidation sites excluding steroid dienone is 1. The number of fused-ring (bicyclic) bond motifs is 1. The molecule has 25 heavy (non-hydrogen) atoms. The van der Waals surface area contributed by atoms with Crippen molar-refractivity contribution < 1.29 is 14.3 Å². The lowest BCUT2D eigenvalue weighted by molar-refractivity contribution is 0.0517. The molecule has 0 radical (unpaired) electrons. The first kappa shape index (κ1) is 16.9. The molecule has 2 aromatic rings. The Morgan fingerprint density at radius 1 is 1.36 bits per heavy atom. The Hall–Kier alpha value is -2.96. The van der Waals surface area contributed by atoms with Gasteiger partial charge in [0.05, 0.1) is 6.61 Å². The summed E-state index contributed by atoms with van der Waals surface area (Å²) >= 11 is 0. The number of ketones is 1. The largest absolute Gasteiger partial charge is 0.461 e. The average Bonchev–Trinajstić information content (AvgIpc) is 2.98. The smallest absolute Gasteiger partial charge is 0.359 e. The van der Waals surface area contributed by atoms with E-state index >= 15 is 0 Å². The number of pyridine rings is 1. The molecule has 0 saturated carbocycles. The molecule has 0 unspecified atom stereocenters. The molecule has 7 nitrogen and oxygen atoms in total. The van der Waals surface area contributed by atoms with Gasteiger partial charge < -0.3 is 9.64 Å². The van der Waals surface area contributed by atoms with Crippen molar-refractivity contribution in [1.29, 1.82) is 0 Å². The molecule has 0 spiro atoms. The lowest BCUT2D eigenvalue weighted by atomic mass is 9.90. The highest BCUT2D eigenvalue weighted by Crippen LogP contribution is 2.30. The summed E-state index contributed by atoms with van der Waals surface area (Å²) in [7, 11) is 3.74. The van der Waals surface area contributed by atoms with E-state index in [0.717, 1.165) is 0 Å². The second kappa shape index (κ2) is 6.88. The first-order valence-electron chi connectivity index (χ1n) is 8.15. The SMILES string of the molecule is CCOC(=O)c1nn(-c2ccccn2)c2c1CCC(=CN(C)C)C2=O. The van der Waals surface area contributed by atoms with Gasteiger partial charge in [0.15, 0.2) is 11.5 Å². The molecule has 2 heterocycles. The monoisotopic (exact) mass is 340 g/mol.